The van der Waals surface area contributed by atoms with Gasteiger partial charge in [0.15, 0.2) is 5.65 Å². The molecule has 0 aliphatic carbocycles. The summed E-state index contributed by atoms with van der Waals surface area (Å²) in [5, 5.41) is 3.06. The Morgan fingerprint density at radius 3 is 2.19 bits per heavy atom. The molecule has 1 atom stereocenters. The number of rotatable bonds is 4. The second kappa shape index (κ2) is 7.07. The van der Waals surface area contributed by atoms with E-state index in [2.05, 4.69) is 20.3 Å². The molecule has 0 spiro atoms. The first-order valence-corrected chi connectivity index (χ1v) is 8.39. The van der Waals surface area contributed by atoms with Gasteiger partial charge < -0.3 is 5.32 Å². The second-order valence-electron chi connectivity index (χ2n) is 6.30. The van der Waals surface area contributed by atoms with E-state index in [0.717, 1.165) is 0 Å². The number of nitrogens with one attached hydrogen (secondary N) is 1. The molecule has 0 unspecified atom stereocenters. The molecule has 3 rings (SSSR count). The van der Waals surface area contributed by atoms with E-state index >= 15 is 0 Å². The number of benzene rings is 1. The summed E-state index contributed by atoms with van der Waals surface area (Å²) in [6.45, 7) is 5.91. The van der Waals surface area contributed by atoms with Gasteiger partial charge in [0.1, 0.15) is 28.1 Å². The van der Waals surface area contributed by atoms with E-state index < -0.39 is 23.0 Å². The SMILES string of the molecule is CC(C)[C@@H](C)Nc1c(-c2c(F)cc(F)cc2F)c(Cl)nc2nccnc12. The quantitative estimate of drug-likeness (QED) is 0.630. The number of aromatic nitrogens is 3. The first-order chi connectivity index (χ1) is 12.3. The van der Waals surface area contributed by atoms with Gasteiger partial charge in [-0.2, -0.15) is 0 Å². The van der Waals surface area contributed by atoms with Gasteiger partial charge in [-0.3, -0.25) is 0 Å². The molecule has 0 aliphatic rings. The highest BCUT2D eigenvalue weighted by molar-refractivity contribution is 6.33. The van der Waals surface area contributed by atoms with Crippen LogP contribution in [0.15, 0.2) is 24.5 Å². The van der Waals surface area contributed by atoms with Crippen molar-refractivity contribution in [3.8, 4) is 11.1 Å². The van der Waals surface area contributed by atoms with Crippen LogP contribution in [0.5, 0.6) is 0 Å². The summed E-state index contributed by atoms with van der Waals surface area (Å²) in [6.07, 6.45) is 2.89. The first-order valence-electron chi connectivity index (χ1n) is 8.01. The Bertz CT molecular complexity index is 955. The van der Waals surface area contributed by atoms with E-state index in [0.29, 0.717) is 23.3 Å². The zero-order valence-corrected chi connectivity index (χ0v) is 15.1. The van der Waals surface area contributed by atoms with Crippen LogP contribution in [0.1, 0.15) is 20.8 Å². The molecule has 0 aliphatic heterocycles. The van der Waals surface area contributed by atoms with Crippen LogP contribution in [-0.2, 0) is 0 Å². The minimum atomic E-state index is -1.07. The van der Waals surface area contributed by atoms with Crippen LogP contribution in [0, 0.1) is 23.4 Å². The molecule has 0 bridgehead atoms. The fourth-order valence-corrected chi connectivity index (χ4v) is 2.77. The number of halogens is 4. The maximum atomic E-state index is 14.4. The number of fused-ring (bicyclic) bond motifs is 1. The summed E-state index contributed by atoms with van der Waals surface area (Å²) < 4.78 is 42.2. The number of hydrogen-bond donors (Lipinski definition) is 1. The summed E-state index contributed by atoms with van der Waals surface area (Å²) in [5.41, 5.74) is 0.390. The minimum absolute atomic E-state index is 0.0119. The van der Waals surface area contributed by atoms with Gasteiger partial charge >= 0.3 is 0 Å². The van der Waals surface area contributed by atoms with Crippen LogP contribution in [-0.4, -0.2) is 21.0 Å². The summed E-state index contributed by atoms with van der Waals surface area (Å²) >= 11 is 6.24. The maximum absolute atomic E-state index is 14.4. The molecular weight excluding hydrogens is 365 g/mol. The molecule has 1 aromatic carbocycles. The summed E-state index contributed by atoms with van der Waals surface area (Å²) in [4.78, 5) is 12.4. The van der Waals surface area contributed by atoms with Crippen molar-refractivity contribution in [2.45, 2.75) is 26.8 Å². The molecule has 136 valence electrons. The van der Waals surface area contributed by atoms with Crippen molar-refractivity contribution in [3.63, 3.8) is 0 Å². The molecule has 0 radical (unpaired) electrons. The van der Waals surface area contributed by atoms with Gasteiger partial charge in [0, 0.05) is 30.6 Å². The van der Waals surface area contributed by atoms with E-state index in [-0.39, 0.29) is 28.3 Å². The highest BCUT2D eigenvalue weighted by Crippen LogP contribution is 2.40. The second-order valence-corrected chi connectivity index (χ2v) is 6.66. The molecule has 0 saturated carbocycles. The Morgan fingerprint density at radius 1 is 0.962 bits per heavy atom. The van der Waals surface area contributed by atoms with Gasteiger partial charge in [0.2, 0.25) is 0 Å². The molecule has 4 nitrogen and oxygen atoms in total. The lowest BCUT2D eigenvalue weighted by Gasteiger charge is -2.22. The summed E-state index contributed by atoms with van der Waals surface area (Å²) in [7, 11) is 0. The van der Waals surface area contributed by atoms with E-state index in [4.69, 9.17) is 11.6 Å². The van der Waals surface area contributed by atoms with Crippen LogP contribution >= 0.6 is 11.6 Å². The fraction of sp³-hybridized carbons (Fsp3) is 0.278. The number of hydrogen-bond acceptors (Lipinski definition) is 4. The zero-order chi connectivity index (χ0) is 19.0. The highest BCUT2D eigenvalue weighted by atomic mass is 35.5. The van der Waals surface area contributed by atoms with Crippen molar-refractivity contribution in [1.29, 1.82) is 0 Å². The first kappa shape index (κ1) is 18.4. The summed E-state index contributed by atoms with van der Waals surface area (Å²) in [5.74, 6) is -2.95. The van der Waals surface area contributed by atoms with Crippen LogP contribution < -0.4 is 5.32 Å². The maximum Gasteiger partial charge on any atom is 0.181 e. The molecule has 2 aromatic heterocycles. The molecule has 0 fully saturated rings. The Hall–Kier alpha value is -2.41. The third-order valence-corrected chi connectivity index (χ3v) is 4.48. The number of pyridine rings is 1. The molecule has 3 aromatic rings. The largest absolute Gasteiger partial charge is 0.380 e. The van der Waals surface area contributed by atoms with Gasteiger partial charge in [0.05, 0.1) is 16.8 Å². The van der Waals surface area contributed by atoms with Crippen molar-refractivity contribution in [2.75, 3.05) is 5.32 Å². The fourth-order valence-electron chi connectivity index (χ4n) is 2.50. The normalized spacial score (nSPS) is 12.6. The average molecular weight is 381 g/mol. The van der Waals surface area contributed by atoms with Crippen LogP contribution in [0.4, 0.5) is 18.9 Å². The van der Waals surface area contributed by atoms with E-state index in [1.165, 1.54) is 12.4 Å². The zero-order valence-electron chi connectivity index (χ0n) is 14.3. The topological polar surface area (TPSA) is 50.7 Å². The monoisotopic (exact) mass is 380 g/mol. The van der Waals surface area contributed by atoms with E-state index in [1.54, 1.807) is 0 Å². The van der Waals surface area contributed by atoms with Crippen LogP contribution in [0.25, 0.3) is 22.3 Å². The Kier molecular flexibility index (Phi) is 5.00. The molecule has 26 heavy (non-hydrogen) atoms. The van der Waals surface area contributed by atoms with E-state index in [1.807, 2.05) is 20.8 Å². The van der Waals surface area contributed by atoms with Gasteiger partial charge in [-0.25, -0.2) is 28.1 Å². The third kappa shape index (κ3) is 3.31. The molecule has 0 saturated heterocycles. The van der Waals surface area contributed by atoms with Crippen molar-refractivity contribution in [1.82, 2.24) is 15.0 Å². The van der Waals surface area contributed by atoms with Crippen molar-refractivity contribution in [3.05, 3.63) is 47.1 Å². The van der Waals surface area contributed by atoms with Crippen molar-refractivity contribution >= 4 is 28.5 Å². The Morgan fingerprint density at radius 2 is 1.58 bits per heavy atom. The van der Waals surface area contributed by atoms with Gasteiger partial charge in [-0.15, -0.1) is 0 Å². The van der Waals surface area contributed by atoms with Crippen molar-refractivity contribution < 1.29 is 13.2 Å². The van der Waals surface area contributed by atoms with Gasteiger partial charge in [-0.05, 0) is 12.8 Å². The standard InChI is InChI=1S/C18H16ClF3N4/c1-8(2)9(3)25-15-14(13-11(21)6-10(20)7-12(13)22)17(19)26-18-16(15)23-4-5-24-18/h4-9H,1-3H3,(H,24,25,26)/t9-/m1/s1. The predicted molar refractivity (Wildman–Crippen MR) is 95.6 cm³/mol. The lowest BCUT2D eigenvalue weighted by Crippen LogP contribution is -2.22. The molecule has 8 heteroatoms. The van der Waals surface area contributed by atoms with E-state index in [9.17, 15) is 13.2 Å². The lowest BCUT2D eigenvalue weighted by molar-refractivity contribution is 0.547. The molecule has 2 heterocycles. The lowest BCUT2D eigenvalue weighted by atomic mass is 10.0. The molecular formula is C18H16ClF3N4. The Labute approximate surface area is 153 Å². The summed E-state index contributed by atoms with van der Waals surface area (Å²) in [6, 6.07) is 1.14. The number of anilines is 1. The van der Waals surface area contributed by atoms with Crippen LogP contribution in [0.2, 0.25) is 5.15 Å². The van der Waals surface area contributed by atoms with Gasteiger partial charge in [-0.1, -0.05) is 25.4 Å². The third-order valence-electron chi connectivity index (χ3n) is 4.20. The highest BCUT2D eigenvalue weighted by Gasteiger charge is 2.25. The smallest absolute Gasteiger partial charge is 0.181 e. The van der Waals surface area contributed by atoms with Gasteiger partial charge in [0.25, 0.3) is 0 Å². The Balaban J connectivity index is 2.36. The minimum Gasteiger partial charge on any atom is -0.380 e. The average Bonchev–Trinajstić information content (AvgIpc) is 2.56. The van der Waals surface area contributed by atoms with Crippen LogP contribution in [0.3, 0.4) is 0 Å². The molecule has 0 amide bonds. The molecule has 1 N–H and O–H groups in total. The number of nitrogens with zero attached hydrogens (tertiary/aromatic N) is 3. The predicted octanol–water partition coefficient (Wildman–Crippen LogP) is 5.22. The van der Waals surface area contributed by atoms with Crippen molar-refractivity contribution in [2.24, 2.45) is 5.92 Å².